The van der Waals surface area contributed by atoms with Crippen molar-refractivity contribution >= 4 is 17.8 Å². The average Bonchev–Trinajstić information content (AvgIpc) is 3.54. The number of amides is 2. The second-order valence-corrected chi connectivity index (χ2v) is 9.82. The summed E-state index contributed by atoms with van der Waals surface area (Å²) in [6.07, 6.45) is 17.6. The van der Waals surface area contributed by atoms with Gasteiger partial charge in [-0.05, 0) is 38.5 Å². The zero-order valence-electron chi connectivity index (χ0n) is 20.7. The van der Waals surface area contributed by atoms with Crippen LogP contribution < -0.4 is 10.6 Å². The molecule has 0 radical (unpaired) electrons. The summed E-state index contributed by atoms with van der Waals surface area (Å²) >= 11 is 0. The molecule has 6 nitrogen and oxygen atoms in total. The molecule has 0 aliphatic heterocycles. The molecule has 0 aromatic heterocycles. The minimum Gasteiger partial charge on any atom is -0.481 e. The Morgan fingerprint density at radius 3 is 1.81 bits per heavy atom. The third-order valence-corrected chi connectivity index (χ3v) is 6.66. The van der Waals surface area contributed by atoms with Crippen LogP contribution in [0.3, 0.4) is 0 Å². The van der Waals surface area contributed by atoms with Crippen molar-refractivity contribution in [2.75, 3.05) is 13.1 Å². The smallest absolute Gasteiger partial charge is 0.303 e. The molecule has 0 aromatic rings. The van der Waals surface area contributed by atoms with E-state index >= 15 is 0 Å². The average molecular weight is 453 g/mol. The zero-order valence-corrected chi connectivity index (χ0v) is 20.7. The molecule has 3 N–H and O–H groups in total. The first-order chi connectivity index (χ1) is 15.4. The van der Waals surface area contributed by atoms with Crippen LogP contribution in [0.25, 0.3) is 0 Å². The summed E-state index contributed by atoms with van der Waals surface area (Å²) in [6.45, 7) is 5.46. The topological polar surface area (TPSA) is 95.5 Å². The van der Waals surface area contributed by atoms with Crippen LogP contribution in [0.1, 0.15) is 123 Å². The molecule has 1 aliphatic carbocycles. The SMILES string of the molecule is CCCCCCCCCCCCNC(=O)C1(CC(C)C(=O)NCCCCCC(=O)O)CC1. The third-order valence-electron chi connectivity index (χ3n) is 6.66. The maximum Gasteiger partial charge on any atom is 0.303 e. The summed E-state index contributed by atoms with van der Waals surface area (Å²) in [4.78, 5) is 35.5. The van der Waals surface area contributed by atoms with E-state index in [0.29, 0.717) is 19.4 Å². The minimum absolute atomic E-state index is 0.00277. The van der Waals surface area contributed by atoms with Crippen molar-refractivity contribution in [3.8, 4) is 0 Å². The Bertz CT molecular complexity index is 546. The number of carbonyl (C=O) groups is 3. The van der Waals surface area contributed by atoms with Gasteiger partial charge >= 0.3 is 5.97 Å². The summed E-state index contributed by atoms with van der Waals surface area (Å²) < 4.78 is 0. The first-order valence-corrected chi connectivity index (χ1v) is 13.2. The van der Waals surface area contributed by atoms with E-state index in [0.717, 1.165) is 38.6 Å². The highest BCUT2D eigenvalue weighted by molar-refractivity contribution is 5.86. The Labute approximate surface area is 195 Å². The van der Waals surface area contributed by atoms with Crippen LogP contribution in [0, 0.1) is 11.3 Å². The molecule has 1 fully saturated rings. The molecule has 0 spiro atoms. The zero-order chi connectivity index (χ0) is 23.7. The lowest BCUT2D eigenvalue weighted by atomic mass is 9.91. The number of hydrogen-bond acceptors (Lipinski definition) is 3. The molecule has 1 rings (SSSR count). The largest absolute Gasteiger partial charge is 0.481 e. The quantitative estimate of drug-likeness (QED) is 0.198. The molecule has 1 aliphatic rings. The van der Waals surface area contributed by atoms with Crippen LogP contribution in [0.15, 0.2) is 0 Å². The van der Waals surface area contributed by atoms with E-state index in [-0.39, 0.29) is 29.6 Å². The normalized spacial score (nSPS) is 15.2. The maximum atomic E-state index is 12.6. The van der Waals surface area contributed by atoms with Gasteiger partial charge in [0.05, 0.1) is 0 Å². The number of unbranched alkanes of at least 4 members (excludes halogenated alkanes) is 11. The Balaban J connectivity index is 2.07. The van der Waals surface area contributed by atoms with Gasteiger partial charge < -0.3 is 15.7 Å². The monoisotopic (exact) mass is 452 g/mol. The van der Waals surface area contributed by atoms with E-state index in [4.69, 9.17) is 5.11 Å². The van der Waals surface area contributed by atoms with Crippen LogP contribution >= 0.6 is 0 Å². The third kappa shape index (κ3) is 13.1. The van der Waals surface area contributed by atoms with Gasteiger partial charge in [-0.3, -0.25) is 14.4 Å². The van der Waals surface area contributed by atoms with E-state index in [1.807, 2.05) is 6.92 Å². The molecule has 0 heterocycles. The molecule has 186 valence electrons. The molecule has 0 aromatic carbocycles. The molecule has 0 bridgehead atoms. The van der Waals surface area contributed by atoms with Crippen LogP contribution in [-0.4, -0.2) is 36.0 Å². The lowest BCUT2D eigenvalue weighted by Gasteiger charge is -2.19. The number of carboxylic acid groups (broad SMARTS) is 1. The Morgan fingerprint density at radius 2 is 1.28 bits per heavy atom. The van der Waals surface area contributed by atoms with Gasteiger partial charge in [-0.25, -0.2) is 0 Å². The van der Waals surface area contributed by atoms with Crippen molar-refractivity contribution in [2.45, 2.75) is 123 Å². The molecular formula is C26H48N2O4. The Morgan fingerprint density at radius 1 is 0.781 bits per heavy atom. The second-order valence-electron chi connectivity index (χ2n) is 9.82. The van der Waals surface area contributed by atoms with E-state index in [1.54, 1.807) is 0 Å². The molecule has 1 atom stereocenters. The Kier molecular flexibility index (Phi) is 15.1. The molecule has 32 heavy (non-hydrogen) atoms. The van der Waals surface area contributed by atoms with Crippen molar-refractivity contribution in [1.82, 2.24) is 10.6 Å². The lowest BCUT2D eigenvalue weighted by molar-refractivity contribution is -0.137. The summed E-state index contributed by atoms with van der Waals surface area (Å²) in [5, 5.41) is 14.7. The van der Waals surface area contributed by atoms with Gasteiger partial charge in [-0.1, -0.05) is 78.1 Å². The number of carboxylic acids is 1. The minimum atomic E-state index is -0.774. The Hall–Kier alpha value is -1.59. The summed E-state index contributed by atoms with van der Waals surface area (Å²) in [5.74, 6) is -0.831. The predicted octanol–water partition coefficient (Wildman–Crippen LogP) is 5.59. The van der Waals surface area contributed by atoms with Gasteiger partial charge in [0.1, 0.15) is 0 Å². The van der Waals surface area contributed by atoms with Crippen molar-refractivity contribution in [2.24, 2.45) is 11.3 Å². The summed E-state index contributed by atoms with van der Waals surface area (Å²) in [5.41, 5.74) is -0.337. The summed E-state index contributed by atoms with van der Waals surface area (Å²) in [7, 11) is 0. The fourth-order valence-corrected chi connectivity index (χ4v) is 4.32. The molecule has 6 heteroatoms. The highest BCUT2D eigenvalue weighted by Gasteiger charge is 2.50. The van der Waals surface area contributed by atoms with Crippen molar-refractivity contribution in [1.29, 1.82) is 0 Å². The number of nitrogens with one attached hydrogen (secondary N) is 2. The molecule has 1 saturated carbocycles. The van der Waals surface area contributed by atoms with Gasteiger partial charge in [0, 0.05) is 30.8 Å². The molecule has 1 unspecified atom stereocenters. The maximum absolute atomic E-state index is 12.6. The van der Waals surface area contributed by atoms with Crippen LogP contribution in [0.5, 0.6) is 0 Å². The fourth-order valence-electron chi connectivity index (χ4n) is 4.32. The number of carbonyl (C=O) groups excluding carboxylic acids is 2. The van der Waals surface area contributed by atoms with E-state index in [9.17, 15) is 14.4 Å². The van der Waals surface area contributed by atoms with Crippen molar-refractivity contribution in [3.05, 3.63) is 0 Å². The van der Waals surface area contributed by atoms with Gasteiger partial charge in [0.25, 0.3) is 0 Å². The van der Waals surface area contributed by atoms with Crippen molar-refractivity contribution in [3.63, 3.8) is 0 Å². The standard InChI is InChI=1S/C26H48N2O4/c1-3-4-5-6-7-8-9-10-11-14-20-28-25(32)26(17-18-26)21-22(2)24(31)27-19-15-12-13-16-23(29)30/h22H,3-21H2,1-2H3,(H,27,31)(H,28,32)(H,29,30). The van der Waals surface area contributed by atoms with Crippen LogP contribution in [-0.2, 0) is 14.4 Å². The predicted molar refractivity (Wildman–Crippen MR) is 129 cm³/mol. The van der Waals surface area contributed by atoms with E-state index < -0.39 is 5.97 Å². The number of aliphatic carboxylic acids is 1. The first kappa shape index (κ1) is 28.4. The van der Waals surface area contributed by atoms with Crippen molar-refractivity contribution < 1.29 is 19.5 Å². The van der Waals surface area contributed by atoms with E-state index in [2.05, 4.69) is 17.6 Å². The van der Waals surface area contributed by atoms with Crippen LogP contribution in [0.2, 0.25) is 0 Å². The summed E-state index contributed by atoms with van der Waals surface area (Å²) in [6, 6.07) is 0. The molecule has 2 amide bonds. The number of hydrogen-bond donors (Lipinski definition) is 3. The highest BCUT2D eigenvalue weighted by atomic mass is 16.4. The molecular weight excluding hydrogens is 404 g/mol. The van der Waals surface area contributed by atoms with Crippen LogP contribution in [0.4, 0.5) is 0 Å². The first-order valence-electron chi connectivity index (χ1n) is 13.2. The van der Waals surface area contributed by atoms with Gasteiger partial charge in [0.15, 0.2) is 0 Å². The van der Waals surface area contributed by atoms with E-state index in [1.165, 1.54) is 57.8 Å². The highest BCUT2D eigenvalue weighted by Crippen LogP contribution is 2.50. The van der Waals surface area contributed by atoms with Gasteiger partial charge in [0.2, 0.25) is 11.8 Å². The second kappa shape index (κ2) is 17.0. The lowest BCUT2D eigenvalue weighted by Crippen LogP contribution is -2.37. The number of rotatable bonds is 21. The van der Waals surface area contributed by atoms with Gasteiger partial charge in [-0.15, -0.1) is 0 Å². The molecule has 0 saturated heterocycles. The fraction of sp³-hybridized carbons (Fsp3) is 0.885. The van der Waals surface area contributed by atoms with Gasteiger partial charge in [-0.2, -0.15) is 0 Å².